The molecule has 0 aromatic heterocycles. The van der Waals surface area contributed by atoms with E-state index in [1.807, 2.05) is 6.07 Å². The Labute approximate surface area is 177 Å². The maximum atomic E-state index is 13.2. The number of carbonyl (C=O) groups is 2. The Kier molecular flexibility index (Phi) is 6.95. The van der Waals surface area contributed by atoms with Crippen molar-refractivity contribution in [2.75, 3.05) is 34.4 Å². The van der Waals surface area contributed by atoms with Gasteiger partial charge in [-0.1, -0.05) is 0 Å². The summed E-state index contributed by atoms with van der Waals surface area (Å²) in [4.78, 5) is 29.1. The van der Waals surface area contributed by atoms with E-state index in [0.717, 1.165) is 12.8 Å². The highest BCUT2D eigenvalue weighted by atomic mass is 16.6. The first-order valence-electron chi connectivity index (χ1n) is 10.2. The molecule has 8 nitrogen and oxygen atoms in total. The topological polar surface area (TPSA) is 92.1 Å². The second kappa shape index (κ2) is 9.45. The first-order chi connectivity index (χ1) is 14.3. The number of nitrogens with zero attached hydrogens (tertiary/aromatic N) is 3. The van der Waals surface area contributed by atoms with Crippen molar-refractivity contribution in [2.45, 2.75) is 50.5 Å². The van der Waals surface area contributed by atoms with Crippen LogP contribution in [-0.2, 0) is 14.3 Å². The molecule has 0 spiro atoms. The van der Waals surface area contributed by atoms with Gasteiger partial charge in [-0.3, -0.25) is 9.59 Å². The van der Waals surface area contributed by atoms with E-state index in [-0.39, 0.29) is 42.3 Å². The molecule has 1 saturated heterocycles. The number of benzene rings is 1. The lowest BCUT2D eigenvalue weighted by atomic mass is 9.99. The Morgan fingerprint density at radius 2 is 1.97 bits per heavy atom. The van der Waals surface area contributed by atoms with E-state index in [9.17, 15) is 14.9 Å². The van der Waals surface area contributed by atoms with Gasteiger partial charge in [0, 0.05) is 27.7 Å². The molecule has 0 saturated carbocycles. The van der Waals surface area contributed by atoms with Crippen molar-refractivity contribution in [3.8, 4) is 11.8 Å². The molecule has 2 heterocycles. The van der Waals surface area contributed by atoms with E-state index >= 15 is 0 Å². The minimum absolute atomic E-state index is 0.0123. The molecule has 1 fully saturated rings. The highest BCUT2D eigenvalue weighted by molar-refractivity contribution is 5.99. The molecule has 2 aliphatic heterocycles. The summed E-state index contributed by atoms with van der Waals surface area (Å²) in [7, 11) is 4.98. The molecule has 0 unspecified atom stereocenters. The Hall–Kier alpha value is -2.63. The van der Waals surface area contributed by atoms with Gasteiger partial charge in [-0.2, -0.15) is 5.26 Å². The molecule has 2 bridgehead atoms. The number of ether oxygens (including phenoxy) is 3. The average Bonchev–Trinajstić information content (AvgIpc) is 2.78. The van der Waals surface area contributed by atoms with Crippen LogP contribution in [0.2, 0.25) is 0 Å². The minimum atomic E-state index is -0.651. The average molecular weight is 415 g/mol. The fraction of sp³-hybridized carbons (Fsp3) is 0.591. The van der Waals surface area contributed by atoms with Gasteiger partial charge < -0.3 is 24.0 Å². The number of rotatable bonds is 1. The van der Waals surface area contributed by atoms with E-state index in [1.165, 1.54) is 11.0 Å². The van der Waals surface area contributed by atoms with Crippen LogP contribution in [0.5, 0.6) is 5.75 Å². The molecule has 2 amide bonds. The monoisotopic (exact) mass is 415 g/mol. The standard InChI is InChI=1S/C22H29N3O5/c1-14-21(26)24(2)10-9-16-6-8-19(28-4)20(30-16)13-29-18-7-5-15(12-23)11-17(18)22(27)25(14)3/h5,7,11,14,16,19-20H,6,8-10,13H2,1-4H3/t14-,16+,19-,20+/m0/s1. The lowest BCUT2D eigenvalue weighted by molar-refractivity contribution is -0.146. The van der Waals surface area contributed by atoms with Gasteiger partial charge >= 0.3 is 0 Å². The van der Waals surface area contributed by atoms with Gasteiger partial charge in [-0.05, 0) is 44.4 Å². The summed E-state index contributed by atoms with van der Waals surface area (Å²) in [5.41, 5.74) is 0.595. The van der Waals surface area contributed by atoms with E-state index in [4.69, 9.17) is 14.2 Å². The number of likely N-dealkylation sites (N-methyl/N-ethyl adjacent to an activating group) is 2. The van der Waals surface area contributed by atoms with Crippen LogP contribution in [0.3, 0.4) is 0 Å². The van der Waals surface area contributed by atoms with Crippen LogP contribution in [-0.4, -0.2) is 80.3 Å². The molecule has 0 radical (unpaired) electrons. The van der Waals surface area contributed by atoms with E-state index in [1.54, 1.807) is 45.2 Å². The summed E-state index contributed by atoms with van der Waals surface area (Å²) in [6.45, 7) is 2.47. The van der Waals surface area contributed by atoms with Crippen molar-refractivity contribution in [3.63, 3.8) is 0 Å². The Bertz CT molecular complexity index is 837. The number of fused-ring (bicyclic) bond motifs is 3. The zero-order valence-corrected chi connectivity index (χ0v) is 18.0. The largest absolute Gasteiger partial charge is 0.490 e. The van der Waals surface area contributed by atoms with Gasteiger partial charge in [-0.25, -0.2) is 0 Å². The normalized spacial score (nSPS) is 28.2. The number of hydrogen-bond acceptors (Lipinski definition) is 6. The summed E-state index contributed by atoms with van der Waals surface area (Å²) >= 11 is 0. The molecule has 162 valence electrons. The van der Waals surface area contributed by atoms with Crippen molar-refractivity contribution in [2.24, 2.45) is 0 Å². The van der Waals surface area contributed by atoms with Crippen LogP contribution in [0, 0.1) is 11.3 Å². The van der Waals surface area contributed by atoms with Crippen LogP contribution in [0.4, 0.5) is 0 Å². The fourth-order valence-electron chi connectivity index (χ4n) is 3.93. The van der Waals surface area contributed by atoms with Gasteiger partial charge in [0.2, 0.25) is 5.91 Å². The zero-order valence-electron chi connectivity index (χ0n) is 18.0. The summed E-state index contributed by atoms with van der Waals surface area (Å²) in [6.07, 6.45) is 2.03. The molecule has 0 aliphatic carbocycles. The van der Waals surface area contributed by atoms with Crippen molar-refractivity contribution in [3.05, 3.63) is 29.3 Å². The predicted molar refractivity (Wildman–Crippen MR) is 109 cm³/mol. The Morgan fingerprint density at radius 1 is 1.20 bits per heavy atom. The van der Waals surface area contributed by atoms with E-state index in [2.05, 4.69) is 0 Å². The van der Waals surface area contributed by atoms with Crippen LogP contribution in [0.1, 0.15) is 42.1 Å². The van der Waals surface area contributed by atoms with Crippen LogP contribution in [0.15, 0.2) is 18.2 Å². The van der Waals surface area contributed by atoms with Crippen molar-refractivity contribution < 1.29 is 23.8 Å². The maximum absolute atomic E-state index is 13.2. The molecule has 30 heavy (non-hydrogen) atoms. The lowest BCUT2D eigenvalue weighted by Crippen LogP contribution is -2.48. The van der Waals surface area contributed by atoms with Gasteiger partial charge in [0.1, 0.15) is 24.5 Å². The van der Waals surface area contributed by atoms with Crippen molar-refractivity contribution in [1.82, 2.24) is 9.80 Å². The predicted octanol–water partition coefficient (Wildman–Crippen LogP) is 1.82. The summed E-state index contributed by atoms with van der Waals surface area (Å²) in [5.74, 6) is -0.167. The van der Waals surface area contributed by atoms with Gasteiger partial charge in [-0.15, -0.1) is 0 Å². The number of methoxy groups -OCH3 is 1. The van der Waals surface area contributed by atoms with Gasteiger partial charge in [0.25, 0.3) is 5.91 Å². The number of nitriles is 1. The molecule has 0 N–H and O–H groups in total. The third-order valence-electron chi connectivity index (χ3n) is 6.02. The second-order valence-corrected chi connectivity index (χ2v) is 7.92. The molecular weight excluding hydrogens is 386 g/mol. The second-order valence-electron chi connectivity index (χ2n) is 7.92. The highest BCUT2D eigenvalue weighted by Crippen LogP contribution is 2.28. The number of carbonyl (C=O) groups excluding carboxylic acids is 2. The molecule has 4 atom stereocenters. The number of amides is 2. The third-order valence-corrected chi connectivity index (χ3v) is 6.02. The van der Waals surface area contributed by atoms with Gasteiger partial charge in [0.15, 0.2) is 0 Å². The lowest BCUT2D eigenvalue weighted by Gasteiger charge is -2.37. The maximum Gasteiger partial charge on any atom is 0.258 e. The van der Waals surface area contributed by atoms with Crippen molar-refractivity contribution in [1.29, 1.82) is 5.26 Å². The molecule has 1 aromatic carbocycles. The van der Waals surface area contributed by atoms with Crippen LogP contribution >= 0.6 is 0 Å². The van der Waals surface area contributed by atoms with Crippen LogP contribution < -0.4 is 4.74 Å². The van der Waals surface area contributed by atoms with Gasteiger partial charge in [0.05, 0.1) is 29.4 Å². The first kappa shape index (κ1) is 22.1. The Balaban J connectivity index is 1.98. The zero-order chi connectivity index (χ0) is 21.8. The van der Waals surface area contributed by atoms with E-state index < -0.39 is 6.04 Å². The summed E-state index contributed by atoms with van der Waals surface area (Å²) < 4.78 is 17.8. The molecular formula is C22H29N3O5. The highest BCUT2D eigenvalue weighted by Gasteiger charge is 2.34. The van der Waals surface area contributed by atoms with Crippen LogP contribution in [0.25, 0.3) is 0 Å². The third kappa shape index (κ3) is 4.58. The minimum Gasteiger partial charge on any atom is -0.490 e. The first-order valence-corrected chi connectivity index (χ1v) is 10.2. The summed E-state index contributed by atoms with van der Waals surface area (Å²) in [6, 6.07) is 6.12. The molecule has 1 aromatic rings. The summed E-state index contributed by atoms with van der Waals surface area (Å²) in [5, 5.41) is 9.27. The molecule has 3 rings (SSSR count). The molecule has 8 heteroatoms. The quantitative estimate of drug-likeness (QED) is 0.695. The van der Waals surface area contributed by atoms with Crippen molar-refractivity contribution >= 4 is 11.8 Å². The SMILES string of the molecule is CO[C@H]1CC[C@@H]2CCN(C)C(=O)[C@H](C)N(C)C(=O)c3cc(C#N)ccc3OC[C@H]1O2. The Morgan fingerprint density at radius 3 is 2.67 bits per heavy atom. The molecule has 2 aliphatic rings. The van der Waals surface area contributed by atoms with E-state index in [0.29, 0.717) is 24.3 Å². The fourth-order valence-corrected chi connectivity index (χ4v) is 3.93. The number of hydrogen-bond donors (Lipinski definition) is 0. The smallest absolute Gasteiger partial charge is 0.258 e.